The van der Waals surface area contributed by atoms with Gasteiger partial charge >= 0.3 is 0 Å². The average Bonchev–Trinajstić information content (AvgIpc) is 2.95. The molecule has 3 heterocycles. The highest BCUT2D eigenvalue weighted by Crippen LogP contribution is 2.29. The third kappa shape index (κ3) is 2.08. The predicted molar refractivity (Wildman–Crippen MR) is 77.0 cm³/mol. The number of pyridine rings is 1. The van der Waals surface area contributed by atoms with E-state index in [0.29, 0.717) is 12.0 Å². The molecule has 0 aliphatic carbocycles. The van der Waals surface area contributed by atoms with Crippen LogP contribution in [-0.2, 0) is 0 Å². The summed E-state index contributed by atoms with van der Waals surface area (Å²) in [7, 11) is 0. The van der Waals surface area contributed by atoms with E-state index < -0.39 is 0 Å². The van der Waals surface area contributed by atoms with Crippen molar-refractivity contribution in [1.82, 2.24) is 14.3 Å². The van der Waals surface area contributed by atoms with Crippen molar-refractivity contribution < 1.29 is 0 Å². The Labute approximate surface area is 116 Å². The highest BCUT2D eigenvalue weighted by atomic mass is 79.9. The van der Waals surface area contributed by atoms with Gasteiger partial charge < -0.3 is 9.30 Å². The quantitative estimate of drug-likeness (QED) is 0.848. The van der Waals surface area contributed by atoms with E-state index in [2.05, 4.69) is 51.5 Å². The molecular weight excluding hydrogens is 290 g/mol. The lowest BCUT2D eigenvalue weighted by Gasteiger charge is -2.19. The molecule has 0 bridgehead atoms. The Morgan fingerprint density at radius 3 is 2.94 bits per heavy atom. The van der Waals surface area contributed by atoms with Gasteiger partial charge in [0.2, 0.25) is 0 Å². The molecule has 1 aliphatic rings. The van der Waals surface area contributed by atoms with Crippen molar-refractivity contribution in [2.24, 2.45) is 0 Å². The summed E-state index contributed by atoms with van der Waals surface area (Å²) in [5.41, 5.74) is 2.25. The number of fused-ring (bicyclic) bond motifs is 1. The molecule has 0 aromatic carbocycles. The Morgan fingerprint density at radius 2 is 2.28 bits per heavy atom. The fraction of sp³-hybridized carbons (Fsp3) is 0.500. The molecule has 3 nitrogen and oxygen atoms in total. The minimum Gasteiger partial charge on any atom is -0.306 e. The first-order valence-corrected chi connectivity index (χ1v) is 7.31. The molecule has 2 aromatic heterocycles. The van der Waals surface area contributed by atoms with Gasteiger partial charge in [-0.1, -0.05) is 0 Å². The lowest BCUT2D eigenvalue weighted by Crippen LogP contribution is -2.27. The largest absolute Gasteiger partial charge is 0.306 e. The first kappa shape index (κ1) is 12.2. The summed E-state index contributed by atoms with van der Waals surface area (Å²) in [6, 6.07) is 4.72. The van der Waals surface area contributed by atoms with Crippen LogP contribution in [0.4, 0.5) is 0 Å². The van der Waals surface area contributed by atoms with Crippen LogP contribution < -0.4 is 0 Å². The first-order valence-electron chi connectivity index (χ1n) is 6.52. The minimum absolute atomic E-state index is 0.583. The van der Waals surface area contributed by atoms with E-state index in [1.165, 1.54) is 18.7 Å². The summed E-state index contributed by atoms with van der Waals surface area (Å²) >= 11 is 3.56. The fourth-order valence-electron chi connectivity index (χ4n) is 2.69. The third-order valence-corrected chi connectivity index (χ3v) is 4.44. The molecule has 1 saturated heterocycles. The zero-order valence-corrected chi connectivity index (χ0v) is 12.4. The highest BCUT2D eigenvalue weighted by Gasteiger charge is 2.27. The summed E-state index contributed by atoms with van der Waals surface area (Å²) < 4.78 is 3.17. The van der Waals surface area contributed by atoms with Gasteiger partial charge in [-0.3, -0.25) is 0 Å². The number of halogens is 1. The Morgan fingerprint density at radius 1 is 1.44 bits per heavy atom. The summed E-state index contributed by atoms with van der Waals surface area (Å²) in [4.78, 5) is 7.31. The van der Waals surface area contributed by atoms with Crippen LogP contribution in [0.3, 0.4) is 0 Å². The van der Waals surface area contributed by atoms with Crippen molar-refractivity contribution in [1.29, 1.82) is 0 Å². The monoisotopic (exact) mass is 307 g/mol. The van der Waals surface area contributed by atoms with Crippen molar-refractivity contribution in [3.63, 3.8) is 0 Å². The van der Waals surface area contributed by atoms with Gasteiger partial charge in [-0.25, -0.2) is 4.98 Å². The number of hydrogen-bond acceptors (Lipinski definition) is 2. The second-order valence-corrected chi connectivity index (χ2v) is 6.18. The van der Waals surface area contributed by atoms with Crippen LogP contribution in [0.25, 0.3) is 5.65 Å². The summed E-state index contributed by atoms with van der Waals surface area (Å²) in [5.74, 6) is 0.583. The van der Waals surface area contributed by atoms with Crippen molar-refractivity contribution in [3.05, 3.63) is 34.7 Å². The van der Waals surface area contributed by atoms with Crippen LogP contribution in [0.1, 0.15) is 31.9 Å². The van der Waals surface area contributed by atoms with E-state index >= 15 is 0 Å². The molecule has 1 unspecified atom stereocenters. The third-order valence-electron chi connectivity index (χ3n) is 3.82. The molecule has 0 amide bonds. The summed E-state index contributed by atoms with van der Waals surface area (Å²) in [5, 5.41) is 0. The second kappa shape index (κ2) is 4.67. The number of aromatic nitrogens is 2. The number of imidazole rings is 1. The number of likely N-dealkylation sites (tertiary alicyclic amines) is 1. The van der Waals surface area contributed by atoms with E-state index in [1.807, 2.05) is 12.1 Å². The van der Waals surface area contributed by atoms with Crippen LogP contribution in [0.15, 0.2) is 29.0 Å². The fourth-order valence-corrected chi connectivity index (χ4v) is 3.14. The van der Waals surface area contributed by atoms with E-state index in [9.17, 15) is 0 Å². The molecule has 0 radical (unpaired) electrons. The maximum absolute atomic E-state index is 4.78. The van der Waals surface area contributed by atoms with Crippen LogP contribution in [0.2, 0.25) is 0 Å². The van der Waals surface area contributed by atoms with Crippen LogP contribution in [0, 0.1) is 0 Å². The Kier molecular flexibility index (Phi) is 3.16. The Bertz CT molecular complexity index is 561. The SMILES string of the molecule is CC(C)N1CCC(c2cn3cccc(Br)c3n2)C1. The van der Waals surface area contributed by atoms with E-state index in [1.54, 1.807) is 0 Å². The van der Waals surface area contributed by atoms with Crippen molar-refractivity contribution in [2.75, 3.05) is 13.1 Å². The maximum Gasteiger partial charge on any atom is 0.151 e. The summed E-state index contributed by atoms with van der Waals surface area (Å²) in [6.45, 7) is 6.86. The van der Waals surface area contributed by atoms with Gasteiger partial charge in [0.15, 0.2) is 5.65 Å². The topological polar surface area (TPSA) is 20.5 Å². The second-order valence-electron chi connectivity index (χ2n) is 5.33. The van der Waals surface area contributed by atoms with Gasteiger partial charge in [-0.15, -0.1) is 0 Å². The molecule has 1 fully saturated rings. The zero-order valence-electron chi connectivity index (χ0n) is 10.8. The minimum atomic E-state index is 0.583. The molecule has 3 rings (SSSR count). The van der Waals surface area contributed by atoms with Crippen molar-refractivity contribution in [3.8, 4) is 0 Å². The molecule has 4 heteroatoms. The van der Waals surface area contributed by atoms with Gasteiger partial charge in [0.25, 0.3) is 0 Å². The average molecular weight is 308 g/mol. The maximum atomic E-state index is 4.78. The number of hydrogen-bond donors (Lipinski definition) is 0. The first-order chi connectivity index (χ1) is 8.65. The van der Waals surface area contributed by atoms with E-state index in [0.717, 1.165) is 16.7 Å². The van der Waals surface area contributed by atoms with Crippen LogP contribution in [0.5, 0.6) is 0 Å². The molecule has 0 spiro atoms. The Balaban J connectivity index is 1.89. The number of nitrogens with zero attached hydrogens (tertiary/aromatic N) is 3. The molecule has 1 atom stereocenters. The van der Waals surface area contributed by atoms with Gasteiger partial charge in [0, 0.05) is 30.9 Å². The standard InChI is InChI=1S/C14H18BrN3/c1-10(2)17-7-5-11(8-17)13-9-18-6-3-4-12(15)14(18)16-13/h3-4,6,9-11H,5,7-8H2,1-2H3. The van der Waals surface area contributed by atoms with Gasteiger partial charge in [0.1, 0.15) is 0 Å². The van der Waals surface area contributed by atoms with Crippen LogP contribution >= 0.6 is 15.9 Å². The molecule has 1 aliphatic heterocycles. The van der Waals surface area contributed by atoms with Crippen LogP contribution in [-0.4, -0.2) is 33.4 Å². The van der Waals surface area contributed by atoms with Gasteiger partial charge in [0.05, 0.1) is 10.2 Å². The van der Waals surface area contributed by atoms with Gasteiger partial charge in [-0.2, -0.15) is 0 Å². The summed E-state index contributed by atoms with van der Waals surface area (Å²) in [6.07, 6.45) is 5.46. The lowest BCUT2D eigenvalue weighted by molar-refractivity contribution is 0.272. The highest BCUT2D eigenvalue weighted by molar-refractivity contribution is 9.10. The smallest absolute Gasteiger partial charge is 0.151 e. The van der Waals surface area contributed by atoms with Crippen molar-refractivity contribution >= 4 is 21.6 Å². The normalized spacial score (nSPS) is 21.2. The van der Waals surface area contributed by atoms with E-state index in [-0.39, 0.29) is 0 Å². The Hall–Kier alpha value is -0.870. The molecule has 2 aromatic rings. The molecule has 18 heavy (non-hydrogen) atoms. The molecular formula is C14H18BrN3. The molecule has 0 N–H and O–H groups in total. The zero-order chi connectivity index (χ0) is 12.7. The molecule has 96 valence electrons. The predicted octanol–water partition coefficient (Wildman–Crippen LogP) is 3.29. The number of rotatable bonds is 2. The molecule has 0 saturated carbocycles. The van der Waals surface area contributed by atoms with Crippen molar-refractivity contribution in [2.45, 2.75) is 32.2 Å². The lowest BCUT2D eigenvalue weighted by atomic mass is 10.1. The van der Waals surface area contributed by atoms with E-state index in [4.69, 9.17) is 4.98 Å². The van der Waals surface area contributed by atoms with Gasteiger partial charge in [-0.05, 0) is 54.9 Å².